The lowest BCUT2D eigenvalue weighted by atomic mass is 9.12. The van der Waals surface area contributed by atoms with Crippen molar-refractivity contribution in [3.8, 4) is 0 Å². The van der Waals surface area contributed by atoms with E-state index in [1.54, 1.807) is 0 Å². The molecule has 0 spiro atoms. The molecule has 5 aromatic carbocycles. The largest absolute Gasteiger partial charge is 0.207 e. The average Bonchev–Trinajstić information content (AvgIpc) is 3.21. The van der Waals surface area contributed by atoms with Gasteiger partial charge < -0.3 is 0 Å². The third-order valence-electron chi connectivity index (χ3n) is 8.81. The minimum absolute atomic E-state index is 0.850. The average molecular weight is 913 g/mol. The van der Waals surface area contributed by atoms with E-state index in [1.165, 1.54) is 5.56 Å². The summed E-state index contributed by atoms with van der Waals surface area (Å²) >= 11 is 8.64. The molecule has 0 amide bonds. The van der Waals surface area contributed by atoms with Crippen LogP contribution in [0.15, 0.2) is 58.6 Å². The van der Waals surface area contributed by atoms with Crippen molar-refractivity contribution in [2.24, 2.45) is 0 Å². The molecule has 6 aromatic rings. The third kappa shape index (κ3) is 7.30. The van der Waals surface area contributed by atoms with Crippen molar-refractivity contribution in [3.63, 3.8) is 0 Å². The topological polar surface area (TPSA) is 3.88 Å². The first-order valence-corrected chi connectivity index (χ1v) is 16.5. The monoisotopic (exact) mass is 913 g/mol. The van der Waals surface area contributed by atoms with Crippen molar-refractivity contribution in [2.45, 2.75) is 16.3 Å². The van der Waals surface area contributed by atoms with Gasteiger partial charge in [-0.05, 0) is 6.07 Å². The lowest BCUT2D eigenvalue weighted by Gasteiger charge is -2.44. The molecule has 0 bridgehead atoms. The second-order valence-electron chi connectivity index (χ2n) is 12.2. The molecular weight excluding hydrogens is 901 g/mol. The molecule has 0 radical (unpaired) electrons. The quantitative estimate of drug-likeness (QED) is 0.0413. The molecule has 1 aromatic heterocycles. The summed E-state index contributed by atoms with van der Waals surface area (Å²) in [4.78, 5) is 1.86. The van der Waals surface area contributed by atoms with E-state index in [4.69, 9.17) is 0 Å². The Labute approximate surface area is 332 Å². The highest BCUT2D eigenvalue weighted by atomic mass is 32.1. The van der Waals surface area contributed by atoms with Crippen molar-refractivity contribution in [1.29, 1.82) is 0 Å². The van der Waals surface area contributed by atoms with E-state index < -0.39 is 144 Å². The Morgan fingerprint density at radius 1 is 0.333 bits per heavy atom. The van der Waals surface area contributed by atoms with Crippen molar-refractivity contribution in [3.05, 3.63) is 171 Å². The summed E-state index contributed by atoms with van der Waals surface area (Å²) in [6, 6.07) is 12.2. The van der Waals surface area contributed by atoms with Crippen LogP contribution in [0.4, 0.5) is 87.8 Å². The summed E-state index contributed by atoms with van der Waals surface area (Å²) in [7, 11) is 0. The first-order valence-electron chi connectivity index (χ1n) is 15.6. The predicted molar refractivity (Wildman–Crippen MR) is 176 cm³/mol. The zero-order chi connectivity index (χ0) is 45.0. The summed E-state index contributed by atoms with van der Waals surface area (Å²) in [5.41, 5.74) is -13.1. The van der Waals surface area contributed by atoms with Crippen LogP contribution in [-0.2, 0) is 6.54 Å². The Morgan fingerprint density at radius 3 is 0.783 bits per heavy atom. The number of halogens is 20. The van der Waals surface area contributed by atoms with E-state index in [2.05, 4.69) is 42.0 Å². The van der Waals surface area contributed by atoms with Crippen molar-refractivity contribution in [2.75, 3.05) is 0 Å². The van der Waals surface area contributed by atoms with Crippen LogP contribution in [0.2, 0.25) is 0 Å². The smallest absolute Gasteiger partial charge is 0.200 e. The molecule has 0 fully saturated rings. The van der Waals surface area contributed by atoms with Gasteiger partial charge in [0.05, 0.1) is 9.79 Å². The first-order chi connectivity index (χ1) is 27.9. The summed E-state index contributed by atoms with van der Waals surface area (Å²) < 4.78 is 296. The summed E-state index contributed by atoms with van der Waals surface area (Å²) in [5.74, 6) is -71.4. The van der Waals surface area contributed by atoms with Gasteiger partial charge in [-0.2, -0.15) is 4.57 Å². The normalized spacial score (nSPS) is 11.6. The Hall–Kier alpha value is -5.39. The number of aromatic nitrogens is 1. The number of hydrogen-bond donors (Lipinski definition) is 2. The highest BCUT2D eigenvalue weighted by Gasteiger charge is 2.52. The van der Waals surface area contributed by atoms with Gasteiger partial charge in [-0.3, -0.25) is 0 Å². The zero-order valence-electron chi connectivity index (χ0n) is 28.3. The number of pyridine rings is 1. The highest BCUT2D eigenvalue weighted by molar-refractivity contribution is 7.81. The van der Waals surface area contributed by atoms with Crippen LogP contribution in [0.5, 0.6) is 0 Å². The van der Waals surface area contributed by atoms with Crippen LogP contribution < -0.4 is 26.4 Å². The molecule has 316 valence electrons. The molecule has 1 heterocycles. The van der Waals surface area contributed by atoms with E-state index in [0.717, 1.165) is 16.3 Å². The van der Waals surface area contributed by atoms with Crippen LogP contribution in [-0.4, -0.2) is 6.15 Å². The number of thiol groups is 2. The minimum atomic E-state index is -7.22. The van der Waals surface area contributed by atoms with Gasteiger partial charge in [-0.1, -0.05) is 30.3 Å². The van der Waals surface area contributed by atoms with Crippen LogP contribution in [0.3, 0.4) is 0 Å². The van der Waals surface area contributed by atoms with Crippen LogP contribution in [0.25, 0.3) is 0 Å². The van der Waals surface area contributed by atoms with Gasteiger partial charge >= 0.3 is 0 Å². The van der Waals surface area contributed by atoms with Crippen molar-refractivity contribution in [1.82, 2.24) is 0 Å². The lowest BCUT2D eigenvalue weighted by molar-refractivity contribution is -0.692. The van der Waals surface area contributed by atoms with Crippen molar-refractivity contribution >= 4 is 53.3 Å². The fourth-order valence-corrected chi connectivity index (χ4v) is 7.04. The number of nitrogens with zero attached hydrogens (tertiary/aromatic N) is 1. The maximum Gasteiger partial charge on any atom is 0.200 e. The van der Waals surface area contributed by atoms with Gasteiger partial charge in [0.2, 0.25) is 0 Å². The fraction of sp³-hybridized carbons (Fsp3) is 0.0278. The molecule has 0 unspecified atom stereocenters. The summed E-state index contributed by atoms with van der Waals surface area (Å²) in [6.07, 6.45) is -3.23. The van der Waals surface area contributed by atoms with Crippen LogP contribution in [0.1, 0.15) is 5.56 Å². The van der Waals surface area contributed by atoms with Gasteiger partial charge in [0.1, 0.15) is 52.7 Å². The maximum absolute atomic E-state index is 15.4. The molecule has 0 N–H and O–H groups in total. The van der Waals surface area contributed by atoms with E-state index >= 15 is 35.1 Å². The van der Waals surface area contributed by atoms with E-state index in [0.29, 0.717) is 0 Å². The van der Waals surface area contributed by atoms with E-state index in [9.17, 15) is 52.7 Å². The van der Waals surface area contributed by atoms with Gasteiger partial charge in [0.15, 0.2) is 88.7 Å². The summed E-state index contributed by atoms with van der Waals surface area (Å²) in [6.45, 7) is 0.850. The molecule has 0 aliphatic heterocycles. The predicted octanol–water partition coefficient (Wildman–Crippen LogP) is 8.45. The number of hydrogen-bond acceptors (Lipinski definition) is 2. The number of benzene rings is 5. The highest BCUT2D eigenvalue weighted by Crippen LogP contribution is 2.30. The first kappa shape index (κ1) is 45.7. The molecule has 24 heteroatoms. The summed E-state index contributed by atoms with van der Waals surface area (Å²) in [5, 5.41) is 0. The third-order valence-corrected chi connectivity index (χ3v) is 9.30. The van der Waals surface area contributed by atoms with Gasteiger partial charge in [0, 0.05) is 5.56 Å². The Kier molecular flexibility index (Phi) is 12.9. The number of rotatable bonds is 6. The van der Waals surface area contributed by atoms with E-state index in [-0.39, 0.29) is 0 Å². The molecule has 0 aliphatic carbocycles. The molecule has 0 saturated carbocycles. The van der Waals surface area contributed by atoms with Gasteiger partial charge in [0.25, 0.3) is 0 Å². The standard InChI is InChI=1S/C24BF20.C12H11NS2/c26-5-1(6(27)14(35)21(42)13(5)34)25(2-7(28)15(36)22(43)16(37)8(2)29,3-9(30)17(38)23(44)18(39)10(3)31)4-11(32)19(40)24(45)20(41)12(4)33;14-11-6-12(15)9-13(8-11)7-10-4-2-1-3-5-10/h;1-6,8-9H,7H2,(H-,14,15)/q-1;/p+1. The molecule has 1 nitrogen and oxygen atoms in total. The molecule has 60 heavy (non-hydrogen) atoms. The fourth-order valence-electron chi connectivity index (χ4n) is 6.36. The van der Waals surface area contributed by atoms with Crippen LogP contribution >= 0.6 is 25.3 Å². The maximum atomic E-state index is 15.4. The van der Waals surface area contributed by atoms with Gasteiger partial charge in [-0.15, -0.1) is 47.1 Å². The second kappa shape index (κ2) is 16.9. The molecular formula is C36H12BF20NS2. The van der Waals surface area contributed by atoms with Gasteiger partial charge in [-0.25, -0.2) is 87.8 Å². The SMILES string of the molecule is Fc1c(F)c(F)c([B-](c2c(F)c(F)c(F)c(F)c2F)(c2c(F)c(F)c(F)c(F)c2F)c2c(F)c(F)c(F)c(F)c2F)c(F)c1F.Sc1cc(S)c[n+](Cc2ccccc2)c1. The zero-order valence-corrected chi connectivity index (χ0v) is 30.1. The molecule has 6 rings (SSSR count). The molecule has 0 atom stereocenters. The van der Waals surface area contributed by atoms with E-state index in [1.807, 2.05) is 36.7 Å². The molecule has 0 aliphatic rings. The molecule has 0 saturated heterocycles. The Morgan fingerprint density at radius 2 is 0.550 bits per heavy atom. The minimum Gasteiger partial charge on any atom is -0.207 e. The Bertz CT molecular complexity index is 2310. The second-order valence-corrected chi connectivity index (χ2v) is 13.2. The lowest BCUT2D eigenvalue weighted by Crippen LogP contribution is -2.81. The van der Waals surface area contributed by atoms with Crippen LogP contribution in [0, 0.1) is 116 Å². The Balaban J connectivity index is 0.000000379. The van der Waals surface area contributed by atoms with Crippen molar-refractivity contribution < 1.29 is 92.4 Å².